The summed E-state index contributed by atoms with van der Waals surface area (Å²) in [6.07, 6.45) is 5.44. The molecule has 1 N–H and O–H groups in total. The maximum Gasteiger partial charge on any atom is 0.239 e. The van der Waals surface area contributed by atoms with Crippen molar-refractivity contribution < 1.29 is 9.53 Å². The van der Waals surface area contributed by atoms with E-state index in [2.05, 4.69) is 52.5 Å². The van der Waals surface area contributed by atoms with Crippen molar-refractivity contribution >= 4 is 5.91 Å². The minimum Gasteiger partial charge on any atom is -0.384 e. The van der Waals surface area contributed by atoms with Gasteiger partial charge in [0.1, 0.15) is 0 Å². The molecule has 3 unspecified atom stereocenters. The summed E-state index contributed by atoms with van der Waals surface area (Å²) in [4.78, 5) is 17.2. The first kappa shape index (κ1) is 19.9. The smallest absolute Gasteiger partial charge is 0.239 e. The van der Waals surface area contributed by atoms with Crippen LogP contribution in [0.25, 0.3) is 0 Å². The van der Waals surface area contributed by atoms with Crippen LogP contribution in [0.4, 0.5) is 0 Å². The van der Waals surface area contributed by atoms with Gasteiger partial charge in [-0.1, -0.05) is 30.3 Å². The molecule has 3 atom stereocenters. The lowest BCUT2D eigenvalue weighted by Crippen LogP contribution is -2.52. The SMILES string of the molecule is COCC1(CNC2CC2c2ccccc2)CCN(C(=O)C2CCCN2C)CC1. The number of rotatable bonds is 7. The standard InChI is InChI=1S/C23H35N3O2/c1-25-12-6-9-21(25)22(27)26-13-10-23(11-14-26,17-28-2)16-24-20-15-19(20)18-7-4-3-5-8-18/h3-5,7-8,19-21,24H,6,9-17H2,1-2H3. The van der Waals surface area contributed by atoms with Crippen LogP contribution >= 0.6 is 0 Å². The van der Waals surface area contributed by atoms with Crippen LogP contribution in [-0.2, 0) is 9.53 Å². The Balaban J connectivity index is 1.29. The number of hydrogen-bond donors (Lipinski definition) is 1. The highest BCUT2D eigenvalue weighted by molar-refractivity contribution is 5.82. The zero-order valence-electron chi connectivity index (χ0n) is 17.4. The van der Waals surface area contributed by atoms with Crippen molar-refractivity contribution in [3.8, 4) is 0 Å². The average molecular weight is 386 g/mol. The van der Waals surface area contributed by atoms with Crippen molar-refractivity contribution in [2.45, 2.75) is 50.1 Å². The van der Waals surface area contributed by atoms with Gasteiger partial charge >= 0.3 is 0 Å². The Morgan fingerprint density at radius 2 is 1.96 bits per heavy atom. The topological polar surface area (TPSA) is 44.8 Å². The van der Waals surface area contributed by atoms with Gasteiger partial charge in [0.15, 0.2) is 0 Å². The molecule has 4 rings (SSSR count). The van der Waals surface area contributed by atoms with E-state index in [1.807, 2.05) is 0 Å². The summed E-state index contributed by atoms with van der Waals surface area (Å²) in [6.45, 7) is 4.53. The van der Waals surface area contributed by atoms with Crippen molar-refractivity contribution in [3.63, 3.8) is 0 Å². The second kappa shape index (κ2) is 8.52. The van der Waals surface area contributed by atoms with Gasteiger partial charge in [-0.15, -0.1) is 0 Å². The van der Waals surface area contributed by atoms with Gasteiger partial charge < -0.3 is 15.0 Å². The Morgan fingerprint density at radius 3 is 2.61 bits per heavy atom. The van der Waals surface area contributed by atoms with Crippen LogP contribution in [-0.4, -0.2) is 74.7 Å². The number of ether oxygens (including phenoxy) is 1. The lowest BCUT2D eigenvalue weighted by atomic mass is 9.78. The Kier molecular flexibility index (Phi) is 6.04. The molecule has 3 fully saturated rings. The number of piperidine rings is 1. The molecule has 1 aromatic carbocycles. The minimum absolute atomic E-state index is 0.103. The summed E-state index contributed by atoms with van der Waals surface area (Å²) in [5.41, 5.74) is 1.60. The second-order valence-electron chi connectivity index (χ2n) is 9.14. The number of likely N-dealkylation sites (tertiary alicyclic amines) is 2. The van der Waals surface area contributed by atoms with Crippen LogP contribution in [0.2, 0.25) is 0 Å². The molecular formula is C23H35N3O2. The van der Waals surface area contributed by atoms with Crippen LogP contribution in [0.5, 0.6) is 0 Å². The molecule has 2 heterocycles. The van der Waals surface area contributed by atoms with E-state index in [0.717, 1.165) is 58.5 Å². The van der Waals surface area contributed by atoms with E-state index < -0.39 is 0 Å². The van der Waals surface area contributed by atoms with Crippen LogP contribution in [0, 0.1) is 5.41 Å². The fraction of sp³-hybridized carbons (Fsp3) is 0.696. The Hall–Kier alpha value is -1.43. The lowest BCUT2D eigenvalue weighted by molar-refractivity contribution is -0.138. The van der Waals surface area contributed by atoms with Gasteiger partial charge in [-0.25, -0.2) is 0 Å². The summed E-state index contributed by atoms with van der Waals surface area (Å²) in [7, 11) is 3.88. The maximum absolute atomic E-state index is 12.9. The van der Waals surface area contributed by atoms with E-state index in [0.29, 0.717) is 17.9 Å². The highest BCUT2D eigenvalue weighted by Crippen LogP contribution is 2.42. The van der Waals surface area contributed by atoms with E-state index in [4.69, 9.17) is 4.74 Å². The van der Waals surface area contributed by atoms with Gasteiger partial charge in [0.2, 0.25) is 5.91 Å². The van der Waals surface area contributed by atoms with Crippen molar-refractivity contribution in [2.75, 3.05) is 46.9 Å². The third kappa shape index (κ3) is 4.27. The fourth-order valence-corrected chi connectivity index (χ4v) is 5.15. The number of hydrogen-bond acceptors (Lipinski definition) is 4. The number of carbonyl (C=O) groups excluding carboxylic acids is 1. The van der Waals surface area contributed by atoms with Crippen LogP contribution < -0.4 is 5.32 Å². The van der Waals surface area contributed by atoms with Gasteiger partial charge in [0, 0.05) is 44.1 Å². The zero-order chi connectivity index (χ0) is 19.6. The number of methoxy groups -OCH3 is 1. The number of likely N-dealkylation sites (N-methyl/N-ethyl adjacent to an activating group) is 1. The molecule has 0 spiro atoms. The molecule has 2 aliphatic heterocycles. The molecule has 0 aromatic heterocycles. The average Bonchev–Trinajstić information content (AvgIpc) is 3.39. The molecular weight excluding hydrogens is 350 g/mol. The number of nitrogens with one attached hydrogen (secondary N) is 1. The molecule has 154 valence electrons. The van der Waals surface area contributed by atoms with Crippen LogP contribution in [0.15, 0.2) is 30.3 Å². The molecule has 0 radical (unpaired) electrons. The van der Waals surface area contributed by atoms with E-state index in [9.17, 15) is 4.79 Å². The molecule has 3 aliphatic rings. The normalized spacial score (nSPS) is 29.8. The zero-order valence-corrected chi connectivity index (χ0v) is 17.4. The lowest BCUT2D eigenvalue weighted by Gasteiger charge is -2.42. The van der Waals surface area contributed by atoms with Gasteiger partial charge in [-0.3, -0.25) is 9.69 Å². The molecule has 0 bridgehead atoms. The molecule has 5 heteroatoms. The van der Waals surface area contributed by atoms with Crippen molar-refractivity contribution in [3.05, 3.63) is 35.9 Å². The van der Waals surface area contributed by atoms with Gasteiger partial charge in [0.25, 0.3) is 0 Å². The first-order valence-electron chi connectivity index (χ1n) is 10.9. The molecule has 28 heavy (non-hydrogen) atoms. The molecule has 1 aliphatic carbocycles. The summed E-state index contributed by atoms with van der Waals surface area (Å²) in [5, 5.41) is 3.82. The van der Waals surface area contributed by atoms with E-state index in [1.165, 1.54) is 12.0 Å². The van der Waals surface area contributed by atoms with Crippen LogP contribution in [0.1, 0.15) is 43.6 Å². The number of benzene rings is 1. The summed E-state index contributed by atoms with van der Waals surface area (Å²) >= 11 is 0. The predicted molar refractivity (Wildman–Crippen MR) is 111 cm³/mol. The van der Waals surface area contributed by atoms with E-state index in [1.54, 1.807) is 7.11 Å². The number of nitrogens with zero attached hydrogens (tertiary/aromatic N) is 2. The number of carbonyl (C=O) groups is 1. The Morgan fingerprint density at radius 1 is 1.21 bits per heavy atom. The summed E-state index contributed by atoms with van der Waals surface area (Å²) < 4.78 is 5.61. The third-order valence-electron chi connectivity index (χ3n) is 7.15. The van der Waals surface area contributed by atoms with E-state index >= 15 is 0 Å². The summed E-state index contributed by atoms with van der Waals surface area (Å²) in [6, 6.07) is 11.5. The molecule has 1 aromatic rings. The van der Waals surface area contributed by atoms with Crippen LogP contribution in [0.3, 0.4) is 0 Å². The Bertz CT molecular complexity index is 657. The number of amides is 1. The van der Waals surface area contributed by atoms with Gasteiger partial charge in [-0.2, -0.15) is 0 Å². The first-order chi connectivity index (χ1) is 13.6. The van der Waals surface area contributed by atoms with Crippen molar-refractivity contribution in [1.29, 1.82) is 0 Å². The molecule has 1 amide bonds. The fourth-order valence-electron chi connectivity index (χ4n) is 5.15. The highest BCUT2D eigenvalue weighted by Gasteiger charge is 2.42. The third-order valence-corrected chi connectivity index (χ3v) is 7.15. The predicted octanol–water partition coefficient (Wildman–Crippen LogP) is 2.48. The second-order valence-corrected chi connectivity index (χ2v) is 9.14. The molecule has 2 saturated heterocycles. The quantitative estimate of drug-likeness (QED) is 0.783. The molecule has 5 nitrogen and oxygen atoms in total. The highest BCUT2D eigenvalue weighted by atomic mass is 16.5. The van der Waals surface area contributed by atoms with Crippen molar-refractivity contribution in [2.24, 2.45) is 5.41 Å². The summed E-state index contributed by atoms with van der Waals surface area (Å²) in [5.74, 6) is 0.991. The minimum atomic E-state index is 0.103. The maximum atomic E-state index is 12.9. The van der Waals surface area contributed by atoms with Gasteiger partial charge in [-0.05, 0) is 51.3 Å². The first-order valence-corrected chi connectivity index (χ1v) is 10.9. The van der Waals surface area contributed by atoms with Gasteiger partial charge in [0.05, 0.1) is 12.6 Å². The largest absolute Gasteiger partial charge is 0.384 e. The van der Waals surface area contributed by atoms with E-state index in [-0.39, 0.29) is 11.5 Å². The van der Waals surface area contributed by atoms with Crippen molar-refractivity contribution in [1.82, 2.24) is 15.1 Å². The monoisotopic (exact) mass is 385 g/mol. The molecule has 1 saturated carbocycles. The Labute approximate surface area is 169 Å².